The maximum atomic E-state index is 11.8. The lowest BCUT2D eigenvalue weighted by atomic mass is 10.1. The lowest BCUT2D eigenvalue weighted by Gasteiger charge is -2.10. The molecule has 5 heteroatoms. The van der Waals surface area contributed by atoms with E-state index in [4.69, 9.17) is 16.3 Å². The first-order valence-electron chi connectivity index (χ1n) is 6.27. The van der Waals surface area contributed by atoms with Gasteiger partial charge in [0.2, 0.25) is 5.91 Å². The van der Waals surface area contributed by atoms with Crippen molar-refractivity contribution < 1.29 is 14.3 Å². The molecule has 0 aliphatic rings. The van der Waals surface area contributed by atoms with Crippen LogP contribution in [0.25, 0.3) is 0 Å². The fourth-order valence-electron chi connectivity index (χ4n) is 1.54. The second-order valence-electron chi connectivity index (χ2n) is 3.97. The minimum absolute atomic E-state index is 0.248. The van der Waals surface area contributed by atoms with Crippen LogP contribution >= 0.6 is 11.6 Å². The van der Waals surface area contributed by atoms with Gasteiger partial charge in [-0.15, -0.1) is 11.6 Å². The van der Waals surface area contributed by atoms with E-state index in [-0.39, 0.29) is 11.9 Å². The quantitative estimate of drug-likeness (QED) is 0.475. The van der Waals surface area contributed by atoms with E-state index in [1.807, 2.05) is 18.2 Å². The van der Waals surface area contributed by atoms with Gasteiger partial charge in [0, 0.05) is 13.0 Å². The van der Waals surface area contributed by atoms with Crippen LogP contribution in [0.3, 0.4) is 0 Å². The number of benzene rings is 1. The summed E-state index contributed by atoms with van der Waals surface area (Å²) in [4.78, 5) is 22.8. The van der Waals surface area contributed by atoms with E-state index in [1.54, 1.807) is 19.1 Å². The maximum Gasteiger partial charge on any atom is 0.305 e. The van der Waals surface area contributed by atoms with Crippen molar-refractivity contribution in [3.05, 3.63) is 35.9 Å². The molecule has 1 aromatic rings. The highest BCUT2D eigenvalue weighted by atomic mass is 35.5. The average molecular weight is 284 g/mol. The van der Waals surface area contributed by atoms with Crippen LogP contribution in [0.15, 0.2) is 30.3 Å². The van der Waals surface area contributed by atoms with Gasteiger partial charge in [0.15, 0.2) is 0 Å². The summed E-state index contributed by atoms with van der Waals surface area (Å²) in [5.41, 5.74) is 0.757. The molecule has 0 aliphatic heterocycles. The summed E-state index contributed by atoms with van der Waals surface area (Å²) in [5, 5.41) is 1.99. The number of carbonyl (C=O) groups is 2. The van der Waals surface area contributed by atoms with E-state index < -0.39 is 5.38 Å². The molecular weight excluding hydrogens is 266 g/mol. The van der Waals surface area contributed by atoms with Crippen LogP contribution in [0.4, 0.5) is 0 Å². The molecule has 0 aliphatic carbocycles. The molecule has 0 fully saturated rings. The van der Waals surface area contributed by atoms with Gasteiger partial charge in [0.1, 0.15) is 5.38 Å². The number of carbonyl (C=O) groups excluding carboxylic acids is 2. The second-order valence-corrected chi connectivity index (χ2v) is 4.41. The van der Waals surface area contributed by atoms with E-state index in [2.05, 4.69) is 5.32 Å². The number of rotatable bonds is 7. The number of nitrogens with one attached hydrogen (secondary N) is 1. The molecule has 1 aromatic carbocycles. The number of alkyl halides is 1. The molecule has 19 heavy (non-hydrogen) atoms. The zero-order valence-electron chi connectivity index (χ0n) is 10.9. The highest BCUT2D eigenvalue weighted by molar-refractivity contribution is 6.30. The third kappa shape index (κ3) is 5.75. The Kier molecular flexibility index (Phi) is 6.97. The summed E-state index contributed by atoms with van der Waals surface area (Å²) >= 11 is 6.04. The zero-order valence-corrected chi connectivity index (χ0v) is 11.7. The van der Waals surface area contributed by atoms with E-state index in [0.29, 0.717) is 26.0 Å². The summed E-state index contributed by atoms with van der Waals surface area (Å²) < 4.78 is 4.79. The van der Waals surface area contributed by atoms with Crippen LogP contribution in [-0.4, -0.2) is 25.0 Å². The van der Waals surface area contributed by atoms with Crippen LogP contribution in [0.1, 0.15) is 30.7 Å². The van der Waals surface area contributed by atoms with Gasteiger partial charge in [-0.25, -0.2) is 0 Å². The summed E-state index contributed by atoms with van der Waals surface area (Å²) in [6.07, 6.45) is 0.843. The van der Waals surface area contributed by atoms with Crippen LogP contribution < -0.4 is 5.32 Å². The Morgan fingerprint density at radius 1 is 1.32 bits per heavy atom. The number of esters is 1. The fraction of sp³-hybridized carbons (Fsp3) is 0.429. The second kappa shape index (κ2) is 8.53. The first kappa shape index (κ1) is 15.5. The van der Waals surface area contributed by atoms with Crippen LogP contribution in [0, 0.1) is 0 Å². The largest absolute Gasteiger partial charge is 0.466 e. The standard InChI is InChI=1S/C14H18ClNO3/c1-2-19-12(17)9-6-10-16-14(18)13(15)11-7-4-3-5-8-11/h3-5,7-8,13H,2,6,9-10H2,1H3,(H,16,18). The Bertz CT molecular complexity index is 408. The molecule has 0 spiro atoms. The molecule has 1 rings (SSSR count). The van der Waals surface area contributed by atoms with Gasteiger partial charge in [-0.05, 0) is 18.9 Å². The van der Waals surface area contributed by atoms with Gasteiger partial charge in [-0.1, -0.05) is 30.3 Å². The van der Waals surface area contributed by atoms with Gasteiger partial charge >= 0.3 is 5.97 Å². The Hall–Kier alpha value is -1.55. The molecule has 0 bridgehead atoms. The van der Waals surface area contributed by atoms with Crippen LogP contribution in [0.5, 0.6) is 0 Å². The molecule has 4 nitrogen and oxygen atoms in total. The van der Waals surface area contributed by atoms with Gasteiger partial charge in [-0.3, -0.25) is 9.59 Å². The molecule has 1 unspecified atom stereocenters. The fourth-order valence-corrected chi connectivity index (χ4v) is 1.76. The van der Waals surface area contributed by atoms with Crippen molar-refractivity contribution >= 4 is 23.5 Å². The molecule has 1 N–H and O–H groups in total. The third-order valence-electron chi connectivity index (χ3n) is 2.48. The molecule has 1 amide bonds. The Balaban J connectivity index is 2.26. The number of halogens is 1. The number of amides is 1. The summed E-state index contributed by atoms with van der Waals surface area (Å²) in [6.45, 7) is 2.55. The molecule has 0 aromatic heterocycles. The Morgan fingerprint density at radius 2 is 2.00 bits per heavy atom. The zero-order chi connectivity index (χ0) is 14.1. The third-order valence-corrected chi connectivity index (χ3v) is 2.93. The SMILES string of the molecule is CCOC(=O)CCCNC(=O)C(Cl)c1ccccc1. The first-order chi connectivity index (χ1) is 9.15. The number of hydrogen-bond acceptors (Lipinski definition) is 3. The van der Waals surface area contributed by atoms with Crippen molar-refractivity contribution in [2.75, 3.05) is 13.2 Å². The minimum atomic E-state index is -0.705. The predicted molar refractivity (Wildman–Crippen MR) is 73.9 cm³/mol. The Labute approximate surface area is 118 Å². The number of hydrogen-bond donors (Lipinski definition) is 1. The lowest BCUT2D eigenvalue weighted by Crippen LogP contribution is -2.28. The van der Waals surface area contributed by atoms with Crippen molar-refractivity contribution in [1.82, 2.24) is 5.32 Å². The minimum Gasteiger partial charge on any atom is -0.466 e. The van der Waals surface area contributed by atoms with Crippen molar-refractivity contribution in [3.8, 4) is 0 Å². The van der Waals surface area contributed by atoms with E-state index in [9.17, 15) is 9.59 Å². The monoisotopic (exact) mass is 283 g/mol. The van der Waals surface area contributed by atoms with Gasteiger partial charge in [-0.2, -0.15) is 0 Å². The summed E-state index contributed by atoms with van der Waals surface area (Å²) in [5.74, 6) is -0.501. The molecule has 0 saturated heterocycles. The first-order valence-corrected chi connectivity index (χ1v) is 6.71. The van der Waals surface area contributed by atoms with Gasteiger partial charge in [0.05, 0.1) is 6.61 Å². The van der Waals surface area contributed by atoms with Crippen molar-refractivity contribution in [2.24, 2.45) is 0 Å². The lowest BCUT2D eigenvalue weighted by molar-refractivity contribution is -0.143. The molecule has 0 radical (unpaired) electrons. The summed E-state index contributed by atoms with van der Waals surface area (Å²) in [6, 6.07) is 9.13. The van der Waals surface area contributed by atoms with E-state index in [1.165, 1.54) is 0 Å². The molecule has 0 heterocycles. The summed E-state index contributed by atoms with van der Waals surface area (Å²) in [7, 11) is 0. The predicted octanol–water partition coefficient (Wildman–Crippen LogP) is 2.43. The van der Waals surface area contributed by atoms with Crippen molar-refractivity contribution in [2.45, 2.75) is 25.1 Å². The highest BCUT2D eigenvalue weighted by Gasteiger charge is 2.16. The number of ether oxygens (including phenoxy) is 1. The van der Waals surface area contributed by atoms with Crippen LogP contribution in [0.2, 0.25) is 0 Å². The maximum absolute atomic E-state index is 11.8. The van der Waals surface area contributed by atoms with Crippen LogP contribution in [-0.2, 0) is 14.3 Å². The normalized spacial score (nSPS) is 11.7. The molecular formula is C14H18ClNO3. The molecule has 0 saturated carbocycles. The van der Waals surface area contributed by atoms with E-state index in [0.717, 1.165) is 5.56 Å². The topological polar surface area (TPSA) is 55.4 Å². The van der Waals surface area contributed by atoms with Crippen molar-refractivity contribution in [1.29, 1.82) is 0 Å². The Morgan fingerprint density at radius 3 is 2.63 bits per heavy atom. The van der Waals surface area contributed by atoms with Gasteiger partial charge in [0.25, 0.3) is 0 Å². The van der Waals surface area contributed by atoms with E-state index >= 15 is 0 Å². The highest BCUT2D eigenvalue weighted by Crippen LogP contribution is 2.19. The molecule has 1 atom stereocenters. The smallest absolute Gasteiger partial charge is 0.305 e. The van der Waals surface area contributed by atoms with Gasteiger partial charge < -0.3 is 10.1 Å². The van der Waals surface area contributed by atoms with Crippen molar-refractivity contribution in [3.63, 3.8) is 0 Å². The molecule has 104 valence electrons. The average Bonchev–Trinajstić information content (AvgIpc) is 2.44.